The van der Waals surface area contributed by atoms with Crippen molar-refractivity contribution in [2.75, 3.05) is 23.4 Å². The number of rotatable bonds is 3. The first-order chi connectivity index (χ1) is 9.28. The van der Waals surface area contributed by atoms with Crippen LogP contribution in [0.25, 0.3) is 5.95 Å². The Morgan fingerprint density at radius 3 is 2.53 bits per heavy atom. The third-order valence-corrected chi connectivity index (χ3v) is 3.17. The van der Waals surface area contributed by atoms with Crippen LogP contribution in [0.5, 0.6) is 0 Å². The average Bonchev–Trinajstić information content (AvgIpc) is 3.09. The molecular weight excluding hydrogens is 244 g/mol. The SMILES string of the molecule is Cc1nccn1-c1nc(NN)nc(N2CCCC2)n1. The topological polar surface area (TPSA) is 97.8 Å². The molecule has 0 atom stereocenters. The molecule has 100 valence electrons. The highest BCUT2D eigenvalue weighted by Crippen LogP contribution is 2.18. The van der Waals surface area contributed by atoms with Crippen LogP contribution in [0, 0.1) is 6.92 Å². The molecule has 0 amide bonds. The molecule has 0 bridgehead atoms. The van der Waals surface area contributed by atoms with E-state index in [9.17, 15) is 0 Å². The van der Waals surface area contributed by atoms with E-state index in [-0.39, 0.29) is 0 Å². The van der Waals surface area contributed by atoms with Crippen molar-refractivity contribution in [1.82, 2.24) is 24.5 Å². The van der Waals surface area contributed by atoms with E-state index < -0.39 is 0 Å². The Morgan fingerprint density at radius 1 is 1.16 bits per heavy atom. The smallest absolute Gasteiger partial charge is 0.243 e. The van der Waals surface area contributed by atoms with Crippen LogP contribution in [0.15, 0.2) is 12.4 Å². The number of aromatic nitrogens is 5. The Balaban J connectivity index is 2.04. The van der Waals surface area contributed by atoms with E-state index in [1.54, 1.807) is 6.20 Å². The molecule has 1 fully saturated rings. The van der Waals surface area contributed by atoms with E-state index in [4.69, 9.17) is 5.84 Å². The molecule has 1 aliphatic rings. The fourth-order valence-corrected chi connectivity index (χ4v) is 2.17. The van der Waals surface area contributed by atoms with Crippen molar-refractivity contribution in [3.63, 3.8) is 0 Å². The van der Waals surface area contributed by atoms with E-state index in [0.29, 0.717) is 17.8 Å². The van der Waals surface area contributed by atoms with Crippen LogP contribution in [-0.2, 0) is 0 Å². The van der Waals surface area contributed by atoms with Gasteiger partial charge in [0.15, 0.2) is 0 Å². The van der Waals surface area contributed by atoms with Gasteiger partial charge in [-0.3, -0.25) is 9.99 Å². The molecule has 0 spiro atoms. The summed E-state index contributed by atoms with van der Waals surface area (Å²) in [5, 5.41) is 0. The summed E-state index contributed by atoms with van der Waals surface area (Å²) in [6.07, 6.45) is 5.86. The third kappa shape index (κ3) is 2.22. The van der Waals surface area contributed by atoms with Gasteiger partial charge in [0.25, 0.3) is 0 Å². The number of anilines is 2. The first kappa shape index (κ1) is 11.8. The highest BCUT2D eigenvalue weighted by molar-refractivity contribution is 5.40. The Bertz CT molecular complexity index is 572. The predicted molar refractivity (Wildman–Crippen MR) is 70.9 cm³/mol. The van der Waals surface area contributed by atoms with Crippen molar-refractivity contribution < 1.29 is 0 Å². The number of nitrogen functional groups attached to an aromatic ring is 1. The van der Waals surface area contributed by atoms with Crippen LogP contribution in [0.4, 0.5) is 11.9 Å². The van der Waals surface area contributed by atoms with Crippen LogP contribution in [-0.4, -0.2) is 37.6 Å². The van der Waals surface area contributed by atoms with E-state index in [0.717, 1.165) is 31.8 Å². The highest BCUT2D eigenvalue weighted by Gasteiger charge is 2.18. The van der Waals surface area contributed by atoms with E-state index >= 15 is 0 Å². The maximum Gasteiger partial charge on any atom is 0.243 e. The first-order valence-corrected chi connectivity index (χ1v) is 6.26. The molecule has 8 heteroatoms. The lowest BCUT2D eigenvalue weighted by Crippen LogP contribution is -2.23. The van der Waals surface area contributed by atoms with Crippen LogP contribution < -0.4 is 16.2 Å². The van der Waals surface area contributed by atoms with E-state index in [2.05, 4.69) is 30.3 Å². The number of hydrogen-bond donors (Lipinski definition) is 2. The second-order valence-corrected chi connectivity index (χ2v) is 4.44. The Labute approximate surface area is 110 Å². The summed E-state index contributed by atoms with van der Waals surface area (Å²) >= 11 is 0. The lowest BCUT2D eigenvalue weighted by Gasteiger charge is -2.16. The van der Waals surface area contributed by atoms with Gasteiger partial charge in [-0.2, -0.15) is 15.0 Å². The molecule has 0 radical (unpaired) electrons. The van der Waals surface area contributed by atoms with Gasteiger partial charge in [0.05, 0.1) is 0 Å². The second kappa shape index (κ2) is 4.81. The molecule has 3 N–H and O–H groups in total. The molecule has 3 rings (SSSR count). The van der Waals surface area contributed by atoms with Crippen molar-refractivity contribution >= 4 is 11.9 Å². The van der Waals surface area contributed by atoms with Crippen molar-refractivity contribution in [3.05, 3.63) is 18.2 Å². The van der Waals surface area contributed by atoms with Gasteiger partial charge in [-0.25, -0.2) is 10.8 Å². The molecule has 19 heavy (non-hydrogen) atoms. The summed E-state index contributed by atoms with van der Waals surface area (Å²) in [5.74, 6) is 7.80. The molecule has 0 saturated carbocycles. The normalized spacial score (nSPS) is 14.9. The third-order valence-electron chi connectivity index (χ3n) is 3.17. The zero-order valence-electron chi connectivity index (χ0n) is 10.7. The van der Waals surface area contributed by atoms with E-state index in [1.165, 1.54) is 0 Å². The minimum Gasteiger partial charge on any atom is -0.341 e. The first-order valence-electron chi connectivity index (χ1n) is 6.26. The van der Waals surface area contributed by atoms with Crippen molar-refractivity contribution in [2.45, 2.75) is 19.8 Å². The molecule has 1 saturated heterocycles. The Morgan fingerprint density at radius 2 is 1.89 bits per heavy atom. The van der Waals surface area contributed by atoms with Gasteiger partial charge >= 0.3 is 0 Å². The van der Waals surface area contributed by atoms with E-state index in [1.807, 2.05) is 17.7 Å². The van der Waals surface area contributed by atoms with Crippen LogP contribution in [0.3, 0.4) is 0 Å². The summed E-state index contributed by atoms with van der Waals surface area (Å²) in [7, 11) is 0. The molecule has 2 aromatic rings. The summed E-state index contributed by atoms with van der Waals surface area (Å²) in [4.78, 5) is 19.4. The van der Waals surface area contributed by atoms with Crippen LogP contribution >= 0.6 is 0 Å². The summed E-state index contributed by atoms with van der Waals surface area (Å²) in [6, 6.07) is 0. The van der Waals surface area contributed by atoms with Gasteiger partial charge in [-0.1, -0.05) is 0 Å². The number of hydrazine groups is 1. The zero-order valence-corrected chi connectivity index (χ0v) is 10.7. The summed E-state index contributed by atoms with van der Waals surface area (Å²) in [5.41, 5.74) is 2.49. The Hall–Kier alpha value is -2.22. The predicted octanol–water partition coefficient (Wildman–Crippen LogP) is 0.252. The Kier molecular flexibility index (Phi) is 3.00. The van der Waals surface area contributed by atoms with Crippen LogP contribution in [0.1, 0.15) is 18.7 Å². The molecule has 1 aliphatic heterocycles. The zero-order chi connectivity index (χ0) is 13.2. The van der Waals surface area contributed by atoms with Gasteiger partial charge < -0.3 is 4.90 Å². The van der Waals surface area contributed by atoms with Gasteiger partial charge in [0.1, 0.15) is 5.82 Å². The minimum absolute atomic E-state index is 0.361. The molecular formula is C11H16N8. The number of hydrogen-bond acceptors (Lipinski definition) is 7. The van der Waals surface area contributed by atoms with Gasteiger partial charge in [0, 0.05) is 25.5 Å². The van der Waals surface area contributed by atoms with Crippen molar-refractivity contribution in [3.8, 4) is 5.95 Å². The highest BCUT2D eigenvalue weighted by atomic mass is 15.4. The molecule has 0 unspecified atom stereocenters. The standard InChI is InChI=1S/C11H16N8/c1-8-13-4-7-19(8)11-15-9(17-12)14-10(16-11)18-5-2-3-6-18/h4,7H,2-3,5-6,12H2,1H3,(H,14,15,16,17). The summed E-state index contributed by atoms with van der Waals surface area (Å²) in [6.45, 7) is 3.83. The molecule has 0 aromatic carbocycles. The van der Waals surface area contributed by atoms with Gasteiger partial charge in [0.2, 0.25) is 17.8 Å². The second-order valence-electron chi connectivity index (χ2n) is 4.44. The summed E-state index contributed by atoms with van der Waals surface area (Å²) < 4.78 is 1.81. The molecule has 8 nitrogen and oxygen atoms in total. The largest absolute Gasteiger partial charge is 0.341 e. The lowest BCUT2D eigenvalue weighted by atomic mass is 10.4. The van der Waals surface area contributed by atoms with Crippen molar-refractivity contribution in [1.29, 1.82) is 0 Å². The number of nitrogens with two attached hydrogens (primary N) is 1. The quantitative estimate of drug-likeness (QED) is 0.603. The minimum atomic E-state index is 0.361. The fraction of sp³-hybridized carbons (Fsp3) is 0.455. The lowest BCUT2D eigenvalue weighted by molar-refractivity contribution is 0.823. The molecule has 2 aromatic heterocycles. The fourth-order valence-electron chi connectivity index (χ4n) is 2.17. The molecule has 3 heterocycles. The number of aryl methyl sites for hydroxylation is 1. The van der Waals surface area contributed by atoms with Gasteiger partial charge in [-0.15, -0.1) is 0 Å². The number of nitrogens with one attached hydrogen (secondary N) is 1. The average molecular weight is 260 g/mol. The molecule has 0 aliphatic carbocycles. The number of nitrogens with zero attached hydrogens (tertiary/aromatic N) is 6. The number of imidazole rings is 1. The van der Waals surface area contributed by atoms with Crippen LogP contribution in [0.2, 0.25) is 0 Å². The maximum absolute atomic E-state index is 5.43. The van der Waals surface area contributed by atoms with Gasteiger partial charge in [-0.05, 0) is 19.8 Å². The monoisotopic (exact) mass is 260 g/mol. The van der Waals surface area contributed by atoms with Crippen molar-refractivity contribution in [2.24, 2.45) is 5.84 Å². The maximum atomic E-state index is 5.43.